The van der Waals surface area contributed by atoms with E-state index in [4.69, 9.17) is 10.3 Å². The van der Waals surface area contributed by atoms with E-state index in [1.807, 2.05) is 24.3 Å². The molecule has 4 atom stereocenters. The molecule has 2 aliphatic heterocycles. The third-order valence-electron chi connectivity index (χ3n) is 7.45. The van der Waals surface area contributed by atoms with Crippen LogP contribution in [-0.2, 0) is 23.9 Å². The first-order valence-corrected chi connectivity index (χ1v) is 14.0. The molecular weight excluding hydrogens is 540 g/mol. The third-order valence-corrected chi connectivity index (χ3v) is 7.45. The molecule has 13 nitrogen and oxygen atoms in total. The molecule has 2 aromatic rings. The van der Waals surface area contributed by atoms with Crippen molar-refractivity contribution < 1.29 is 23.9 Å². The van der Waals surface area contributed by atoms with E-state index in [2.05, 4.69) is 31.1 Å². The molecular formula is C29H36N8O5. The monoisotopic (exact) mass is 576 g/mol. The lowest BCUT2D eigenvalue weighted by Gasteiger charge is -2.35. The number of hydrogen-bond acceptors (Lipinski definition) is 8. The van der Waals surface area contributed by atoms with Crippen molar-refractivity contribution in [2.75, 3.05) is 13.1 Å². The Morgan fingerprint density at radius 3 is 2.69 bits per heavy atom. The second kappa shape index (κ2) is 13.0. The summed E-state index contributed by atoms with van der Waals surface area (Å²) in [5.74, 6) is -1.96. The molecule has 1 saturated heterocycles. The minimum Gasteiger partial charge on any atom is -0.457 e. The number of nitrogens with zero attached hydrogens (tertiary/aromatic N) is 5. The zero-order chi connectivity index (χ0) is 30.4. The van der Waals surface area contributed by atoms with Crippen LogP contribution in [0.3, 0.4) is 0 Å². The van der Waals surface area contributed by atoms with Gasteiger partial charge in [0.1, 0.15) is 24.2 Å². The van der Waals surface area contributed by atoms with Gasteiger partial charge in [-0.15, -0.1) is 0 Å². The Labute approximate surface area is 243 Å². The van der Waals surface area contributed by atoms with Crippen molar-refractivity contribution in [3.8, 4) is 0 Å². The van der Waals surface area contributed by atoms with Crippen LogP contribution >= 0.6 is 0 Å². The van der Waals surface area contributed by atoms with E-state index >= 15 is 0 Å². The topological polar surface area (TPSA) is 178 Å². The molecule has 1 unspecified atom stereocenters. The van der Waals surface area contributed by atoms with Crippen LogP contribution in [0.5, 0.6) is 0 Å². The molecule has 0 radical (unpaired) electrons. The van der Waals surface area contributed by atoms with Gasteiger partial charge in [-0.2, -0.15) is 0 Å². The van der Waals surface area contributed by atoms with Gasteiger partial charge in [0.05, 0.1) is 11.1 Å². The van der Waals surface area contributed by atoms with E-state index in [1.54, 1.807) is 39.1 Å². The fraction of sp³-hybridized carbons (Fsp3) is 0.483. The Balaban J connectivity index is 1.69. The van der Waals surface area contributed by atoms with Crippen LogP contribution < -0.4 is 16.1 Å². The second-order valence-corrected chi connectivity index (χ2v) is 11.2. The van der Waals surface area contributed by atoms with Crippen molar-refractivity contribution in [3.05, 3.63) is 58.2 Å². The fourth-order valence-electron chi connectivity index (χ4n) is 4.78. The summed E-state index contributed by atoms with van der Waals surface area (Å²) in [6, 6.07) is 4.84. The summed E-state index contributed by atoms with van der Waals surface area (Å²) in [6.07, 6.45) is 5.69. The maximum Gasteiger partial charge on any atom is 0.325 e. The average Bonchev–Trinajstić information content (AvgIpc) is 2.98. The van der Waals surface area contributed by atoms with E-state index in [0.717, 1.165) is 16.3 Å². The summed E-state index contributed by atoms with van der Waals surface area (Å²) in [5.41, 5.74) is 12.0. The van der Waals surface area contributed by atoms with Gasteiger partial charge >= 0.3 is 5.97 Å². The number of fused-ring (bicyclic) bond motifs is 4. The molecule has 4 rings (SSSR count). The lowest BCUT2D eigenvalue weighted by atomic mass is 9.90. The van der Waals surface area contributed by atoms with Gasteiger partial charge in [-0.1, -0.05) is 23.3 Å². The number of nitrogens with one attached hydrogen (secondary N) is 3. The Morgan fingerprint density at radius 1 is 1.14 bits per heavy atom. The number of hydrazine groups is 1. The summed E-state index contributed by atoms with van der Waals surface area (Å²) >= 11 is 0. The molecule has 2 aliphatic rings. The predicted molar refractivity (Wildman–Crippen MR) is 155 cm³/mol. The number of carbonyl (C=O) groups is 4. The molecule has 0 saturated carbocycles. The van der Waals surface area contributed by atoms with Crippen molar-refractivity contribution >= 4 is 40.5 Å². The molecule has 1 aromatic heterocycles. The first kappa shape index (κ1) is 30.5. The quantitative estimate of drug-likeness (QED) is 0.217. The highest BCUT2D eigenvalue weighted by atomic mass is 16.5. The SMILES string of the molecule is C[C@@H]1NC(=O)[C@H](CCN=[N+]=[N-])NC(=O)C(C)(C)C=Cc2cc3cc(ccc3cn2)[C@@H](C)OC(=O)C2CCCN(N2)C1=O. The largest absolute Gasteiger partial charge is 0.457 e. The molecule has 3 amide bonds. The number of azide groups is 1. The number of pyridine rings is 1. The first-order chi connectivity index (χ1) is 20.0. The highest BCUT2D eigenvalue weighted by molar-refractivity contribution is 5.94. The van der Waals surface area contributed by atoms with E-state index in [1.165, 1.54) is 11.9 Å². The minimum atomic E-state index is -1.06. The van der Waals surface area contributed by atoms with Gasteiger partial charge in [-0.3, -0.25) is 29.2 Å². The Morgan fingerprint density at radius 2 is 1.93 bits per heavy atom. The smallest absolute Gasteiger partial charge is 0.325 e. The molecule has 5 bridgehead atoms. The molecule has 1 fully saturated rings. The van der Waals surface area contributed by atoms with Crippen molar-refractivity contribution in [1.82, 2.24) is 26.1 Å². The molecule has 1 aromatic carbocycles. The van der Waals surface area contributed by atoms with Crippen LogP contribution in [0.15, 0.2) is 41.7 Å². The first-order valence-electron chi connectivity index (χ1n) is 14.0. The summed E-state index contributed by atoms with van der Waals surface area (Å²) in [4.78, 5) is 60.0. The highest BCUT2D eigenvalue weighted by Gasteiger charge is 2.34. The van der Waals surface area contributed by atoms with E-state index in [-0.39, 0.29) is 13.0 Å². The predicted octanol–water partition coefficient (Wildman–Crippen LogP) is 3.08. The minimum absolute atomic E-state index is 0.0327. The summed E-state index contributed by atoms with van der Waals surface area (Å²) < 4.78 is 5.78. The van der Waals surface area contributed by atoms with Crippen LogP contribution in [0, 0.1) is 5.41 Å². The van der Waals surface area contributed by atoms with Crippen molar-refractivity contribution in [1.29, 1.82) is 0 Å². The van der Waals surface area contributed by atoms with Crippen LogP contribution in [0.2, 0.25) is 0 Å². The molecule has 3 N–H and O–H groups in total. The van der Waals surface area contributed by atoms with Gasteiger partial charge in [0.2, 0.25) is 11.8 Å². The zero-order valence-corrected chi connectivity index (χ0v) is 24.2. The number of rotatable bonds is 3. The standard InChI is InChI=1S/C29H36N8O5/c1-17-26(39)37-13-5-6-24(35-37)27(40)42-18(2)19-7-8-20-16-31-22(15-21(20)14-19)9-11-29(3,4)28(41)34-23(25(38)33-17)10-12-32-36-30/h7-9,11,14-18,23-24,35H,5-6,10,12-13H2,1-4H3,(H,33,38)(H,34,41)/t17-,18+,23-,24?/m0/s1. The number of cyclic esters (lactones) is 1. The second-order valence-electron chi connectivity index (χ2n) is 11.2. The lowest BCUT2D eigenvalue weighted by molar-refractivity contribution is -0.157. The number of amides is 3. The molecule has 222 valence electrons. The molecule has 0 spiro atoms. The molecule has 42 heavy (non-hydrogen) atoms. The third kappa shape index (κ3) is 7.23. The Bertz CT molecular complexity index is 1450. The summed E-state index contributed by atoms with van der Waals surface area (Å²) in [7, 11) is 0. The van der Waals surface area contributed by atoms with Gasteiger partial charge in [0.25, 0.3) is 5.91 Å². The fourth-order valence-corrected chi connectivity index (χ4v) is 4.78. The van der Waals surface area contributed by atoms with Crippen LogP contribution in [0.1, 0.15) is 64.3 Å². The van der Waals surface area contributed by atoms with E-state index in [9.17, 15) is 19.2 Å². The number of carbonyl (C=O) groups excluding carboxylic acids is 4. The number of ether oxygens (including phenoxy) is 1. The van der Waals surface area contributed by atoms with Gasteiger partial charge < -0.3 is 15.4 Å². The van der Waals surface area contributed by atoms with Gasteiger partial charge in [-0.25, -0.2) is 5.43 Å². The highest BCUT2D eigenvalue weighted by Crippen LogP contribution is 2.25. The number of benzene rings is 1. The molecule has 0 aliphatic carbocycles. The van der Waals surface area contributed by atoms with Gasteiger partial charge in [-0.05, 0) is 81.6 Å². The number of aromatic nitrogens is 1. The van der Waals surface area contributed by atoms with Crippen molar-refractivity contribution in [2.45, 2.75) is 71.2 Å². The van der Waals surface area contributed by atoms with Crippen LogP contribution in [0.25, 0.3) is 27.3 Å². The molecule has 13 heteroatoms. The molecule has 3 heterocycles. The van der Waals surface area contributed by atoms with Crippen molar-refractivity contribution in [2.24, 2.45) is 10.5 Å². The Hall–Kier alpha value is -4.48. The van der Waals surface area contributed by atoms with Crippen LogP contribution in [-0.4, -0.2) is 64.9 Å². The maximum absolute atomic E-state index is 13.3. The van der Waals surface area contributed by atoms with E-state index in [0.29, 0.717) is 25.1 Å². The summed E-state index contributed by atoms with van der Waals surface area (Å²) in [6.45, 7) is 7.03. The van der Waals surface area contributed by atoms with Gasteiger partial charge in [0.15, 0.2) is 0 Å². The maximum atomic E-state index is 13.3. The number of esters is 1. The zero-order valence-electron chi connectivity index (χ0n) is 24.2. The average molecular weight is 577 g/mol. The Kier molecular flexibility index (Phi) is 9.44. The van der Waals surface area contributed by atoms with Gasteiger partial charge in [0, 0.05) is 29.6 Å². The normalized spacial score (nSPS) is 25.3. The van der Waals surface area contributed by atoms with Crippen molar-refractivity contribution in [3.63, 3.8) is 0 Å². The van der Waals surface area contributed by atoms with E-state index < -0.39 is 53.3 Å². The number of hydrogen-bond donors (Lipinski definition) is 3. The lowest BCUT2D eigenvalue weighted by Crippen LogP contribution is -2.60. The van der Waals surface area contributed by atoms with Crippen LogP contribution in [0.4, 0.5) is 0 Å². The summed E-state index contributed by atoms with van der Waals surface area (Å²) in [5, 5.41) is 12.0.